The van der Waals surface area contributed by atoms with Crippen molar-refractivity contribution in [1.29, 1.82) is 0 Å². The molecule has 0 amide bonds. The van der Waals surface area contributed by atoms with Crippen LogP contribution in [-0.2, 0) is 5.41 Å². The molecule has 2 heteroatoms. The van der Waals surface area contributed by atoms with E-state index < -0.39 is 6.10 Å². The molecule has 1 heterocycles. The van der Waals surface area contributed by atoms with Crippen molar-refractivity contribution in [2.24, 2.45) is 0 Å². The van der Waals surface area contributed by atoms with Gasteiger partial charge in [-0.2, -0.15) is 0 Å². The molecule has 0 aromatic carbocycles. The number of aromatic nitrogens is 1. The minimum absolute atomic E-state index is 0.0465. The van der Waals surface area contributed by atoms with Gasteiger partial charge in [-0.25, -0.2) is 0 Å². The van der Waals surface area contributed by atoms with Crippen LogP contribution in [0.1, 0.15) is 45.2 Å². The van der Waals surface area contributed by atoms with Crippen LogP contribution in [-0.4, -0.2) is 10.1 Å². The van der Waals surface area contributed by atoms with Crippen LogP contribution < -0.4 is 0 Å². The van der Waals surface area contributed by atoms with Gasteiger partial charge in [-0.15, -0.1) is 0 Å². The highest BCUT2D eigenvalue weighted by atomic mass is 16.3. The number of rotatable bonds is 1. The molecule has 1 atom stereocenters. The highest BCUT2D eigenvalue weighted by Gasteiger charge is 2.16. The lowest BCUT2D eigenvalue weighted by Gasteiger charge is -2.18. The van der Waals surface area contributed by atoms with Gasteiger partial charge < -0.3 is 5.11 Å². The lowest BCUT2D eigenvalue weighted by atomic mass is 9.91. The average molecular weight is 179 g/mol. The molecule has 0 radical (unpaired) electrons. The second-order valence-electron chi connectivity index (χ2n) is 4.37. The molecule has 0 unspecified atom stereocenters. The zero-order chi connectivity index (χ0) is 10.1. The van der Waals surface area contributed by atoms with Crippen molar-refractivity contribution >= 4 is 0 Å². The van der Waals surface area contributed by atoms with E-state index in [2.05, 4.69) is 25.8 Å². The quantitative estimate of drug-likeness (QED) is 0.718. The summed E-state index contributed by atoms with van der Waals surface area (Å²) in [5, 5.41) is 9.35. The molecule has 0 aliphatic rings. The van der Waals surface area contributed by atoms with Crippen molar-refractivity contribution in [1.82, 2.24) is 4.98 Å². The van der Waals surface area contributed by atoms with Crippen molar-refractivity contribution in [3.8, 4) is 0 Å². The largest absolute Gasteiger partial charge is 0.387 e. The Morgan fingerprint density at radius 3 is 2.38 bits per heavy atom. The molecular weight excluding hydrogens is 162 g/mol. The first-order chi connectivity index (χ1) is 5.91. The Morgan fingerprint density at radius 1 is 1.31 bits per heavy atom. The number of nitrogens with zero attached hydrogens (tertiary/aromatic N) is 1. The molecule has 1 rings (SSSR count). The molecule has 1 N–H and O–H groups in total. The minimum Gasteiger partial charge on any atom is -0.387 e. The van der Waals surface area contributed by atoms with Gasteiger partial charge in [0.25, 0.3) is 0 Å². The number of hydrogen-bond acceptors (Lipinski definition) is 2. The van der Waals surface area contributed by atoms with Gasteiger partial charge >= 0.3 is 0 Å². The molecular formula is C11H17NO. The van der Waals surface area contributed by atoms with Crippen molar-refractivity contribution in [3.05, 3.63) is 29.6 Å². The predicted octanol–water partition coefficient (Wildman–Crippen LogP) is 2.43. The summed E-state index contributed by atoms with van der Waals surface area (Å²) >= 11 is 0. The molecule has 72 valence electrons. The molecule has 0 aliphatic carbocycles. The Balaban J connectivity index is 3.06. The fourth-order valence-electron chi connectivity index (χ4n) is 1.10. The van der Waals surface area contributed by atoms with E-state index in [1.54, 1.807) is 6.92 Å². The van der Waals surface area contributed by atoms with E-state index >= 15 is 0 Å². The summed E-state index contributed by atoms with van der Waals surface area (Å²) in [7, 11) is 0. The second-order valence-corrected chi connectivity index (χ2v) is 4.37. The Labute approximate surface area is 79.6 Å². The van der Waals surface area contributed by atoms with E-state index in [-0.39, 0.29) is 5.41 Å². The van der Waals surface area contributed by atoms with Crippen LogP contribution in [0.3, 0.4) is 0 Å². The number of hydrogen-bond donors (Lipinski definition) is 1. The number of aliphatic hydroxyl groups is 1. The lowest BCUT2D eigenvalue weighted by Crippen LogP contribution is -2.14. The van der Waals surface area contributed by atoms with Crippen molar-refractivity contribution < 1.29 is 5.11 Å². The predicted molar refractivity (Wildman–Crippen MR) is 53.6 cm³/mol. The maximum atomic E-state index is 9.35. The Kier molecular flexibility index (Phi) is 2.71. The van der Waals surface area contributed by atoms with Gasteiger partial charge in [-0.1, -0.05) is 26.8 Å². The van der Waals surface area contributed by atoms with Gasteiger partial charge in [-0.05, 0) is 19.1 Å². The highest BCUT2D eigenvalue weighted by Crippen LogP contribution is 2.21. The standard InChI is InChI=1S/C11H17NO/c1-8(13)9-6-5-7-10(12-9)11(2,3)4/h5-8,13H,1-4H3/t8-/m1/s1. The maximum absolute atomic E-state index is 9.35. The highest BCUT2D eigenvalue weighted by molar-refractivity contribution is 5.18. The average Bonchev–Trinajstić information content (AvgIpc) is 2.03. The fraction of sp³-hybridized carbons (Fsp3) is 0.545. The summed E-state index contributed by atoms with van der Waals surface area (Å²) in [4.78, 5) is 4.39. The zero-order valence-corrected chi connectivity index (χ0v) is 8.70. The second kappa shape index (κ2) is 3.46. The summed E-state index contributed by atoms with van der Waals surface area (Å²) in [6, 6.07) is 5.78. The normalized spacial score (nSPS) is 14.2. The summed E-state index contributed by atoms with van der Waals surface area (Å²) in [6.07, 6.45) is -0.484. The van der Waals surface area contributed by atoms with Crippen LogP contribution in [0.15, 0.2) is 18.2 Å². The van der Waals surface area contributed by atoms with Gasteiger partial charge in [0.2, 0.25) is 0 Å². The van der Waals surface area contributed by atoms with Crippen LogP contribution in [0.2, 0.25) is 0 Å². The first-order valence-corrected chi connectivity index (χ1v) is 4.57. The topological polar surface area (TPSA) is 33.1 Å². The Bertz CT molecular complexity index is 286. The molecule has 0 bridgehead atoms. The molecule has 2 nitrogen and oxygen atoms in total. The van der Waals surface area contributed by atoms with Crippen LogP contribution in [0.5, 0.6) is 0 Å². The van der Waals surface area contributed by atoms with Crippen molar-refractivity contribution in [3.63, 3.8) is 0 Å². The third-order valence-electron chi connectivity index (χ3n) is 1.97. The molecule has 0 saturated carbocycles. The number of aliphatic hydroxyl groups excluding tert-OH is 1. The van der Waals surface area contributed by atoms with Crippen molar-refractivity contribution in [2.75, 3.05) is 0 Å². The van der Waals surface area contributed by atoms with Crippen LogP contribution in [0.25, 0.3) is 0 Å². The van der Waals surface area contributed by atoms with Crippen LogP contribution >= 0.6 is 0 Å². The van der Waals surface area contributed by atoms with Gasteiger partial charge in [0.05, 0.1) is 11.8 Å². The third-order valence-corrected chi connectivity index (χ3v) is 1.97. The molecule has 0 spiro atoms. The summed E-state index contributed by atoms with van der Waals surface area (Å²) in [6.45, 7) is 8.07. The molecule has 0 fully saturated rings. The lowest BCUT2D eigenvalue weighted by molar-refractivity contribution is 0.193. The number of pyridine rings is 1. The molecule has 0 saturated heterocycles. The van der Waals surface area contributed by atoms with E-state index in [9.17, 15) is 5.11 Å². The van der Waals surface area contributed by atoms with Gasteiger partial charge in [0.1, 0.15) is 0 Å². The van der Waals surface area contributed by atoms with E-state index in [1.807, 2.05) is 18.2 Å². The summed E-state index contributed by atoms with van der Waals surface area (Å²) in [5.41, 5.74) is 1.81. The van der Waals surface area contributed by atoms with E-state index in [0.29, 0.717) is 0 Å². The van der Waals surface area contributed by atoms with E-state index in [4.69, 9.17) is 0 Å². The minimum atomic E-state index is -0.484. The molecule has 13 heavy (non-hydrogen) atoms. The van der Waals surface area contributed by atoms with Crippen molar-refractivity contribution in [2.45, 2.75) is 39.2 Å². The monoisotopic (exact) mass is 179 g/mol. The Hall–Kier alpha value is -0.890. The SMILES string of the molecule is C[C@@H](O)c1cccc(C(C)(C)C)n1. The zero-order valence-electron chi connectivity index (χ0n) is 8.70. The Morgan fingerprint density at radius 2 is 1.92 bits per heavy atom. The van der Waals surface area contributed by atoms with Gasteiger partial charge in [0, 0.05) is 11.1 Å². The smallest absolute Gasteiger partial charge is 0.0931 e. The fourth-order valence-corrected chi connectivity index (χ4v) is 1.10. The summed E-state index contributed by atoms with van der Waals surface area (Å²) in [5.74, 6) is 0. The molecule has 1 aromatic rings. The molecule has 0 aliphatic heterocycles. The van der Waals surface area contributed by atoms with Crippen LogP contribution in [0.4, 0.5) is 0 Å². The maximum Gasteiger partial charge on any atom is 0.0931 e. The summed E-state index contributed by atoms with van der Waals surface area (Å²) < 4.78 is 0. The first-order valence-electron chi connectivity index (χ1n) is 4.57. The van der Waals surface area contributed by atoms with Gasteiger partial charge in [-0.3, -0.25) is 4.98 Å². The van der Waals surface area contributed by atoms with Gasteiger partial charge in [0.15, 0.2) is 0 Å². The first kappa shape index (κ1) is 10.2. The van der Waals surface area contributed by atoms with E-state index in [1.165, 1.54) is 0 Å². The van der Waals surface area contributed by atoms with E-state index in [0.717, 1.165) is 11.4 Å². The molecule has 1 aromatic heterocycles. The van der Waals surface area contributed by atoms with Crippen LogP contribution in [0, 0.1) is 0 Å². The third kappa shape index (κ3) is 2.52.